The van der Waals surface area contributed by atoms with Gasteiger partial charge in [-0.2, -0.15) is 0 Å². The van der Waals surface area contributed by atoms with Crippen molar-refractivity contribution in [2.24, 2.45) is 5.73 Å². The first-order valence-corrected chi connectivity index (χ1v) is 5.87. The van der Waals surface area contributed by atoms with Crippen molar-refractivity contribution in [3.63, 3.8) is 0 Å². The summed E-state index contributed by atoms with van der Waals surface area (Å²) in [7, 11) is 0. The van der Waals surface area contributed by atoms with Crippen LogP contribution >= 0.6 is 0 Å². The van der Waals surface area contributed by atoms with Gasteiger partial charge < -0.3 is 14.9 Å². The molecular formula is C13H14F3NO2. The summed E-state index contributed by atoms with van der Waals surface area (Å²) >= 11 is 0. The highest BCUT2D eigenvalue weighted by Gasteiger charge is 2.14. The first kappa shape index (κ1) is 13.9. The standard InChI is InChI=1S/C13H14F3NO2/c14-9-3-1-2-8-6-11(19-13(8)9)10(17)4-5-18-7-12(15)16/h1-3,6,10,12H,4-5,7,17H2. The zero-order valence-electron chi connectivity index (χ0n) is 10.1. The van der Waals surface area contributed by atoms with Gasteiger partial charge in [-0.05, 0) is 18.6 Å². The highest BCUT2D eigenvalue weighted by atomic mass is 19.3. The second-order valence-electron chi connectivity index (χ2n) is 4.17. The first-order valence-electron chi connectivity index (χ1n) is 5.87. The molecule has 1 aromatic heterocycles. The third-order valence-corrected chi connectivity index (χ3v) is 2.70. The van der Waals surface area contributed by atoms with E-state index in [4.69, 9.17) is 14.9 Å². The molecule has 0 aliphatic rings. The van der Waals surface area contributed by atoms with Crippen molar-refractivity contribution in [2.75, 3.05) is 13.2 Å². The number of hydrogen-bond acceptors (Lipinski definition) is 3. The maximum atomic E-state index is 13.4. The quantitative estimate of drug-likeness (QED) is 0.822. The number of alkyl halides is 2. The lowest BCUT2D eigenvalue weighted by Gasteiger charge is -2.08. The fraction of sp³-hybridized carbons (Fsp3) is 0.385. The summed E-state index contributed by atoms with van der Waals surface area (Å²) in [6, 6.07) is 5.73. The summed E-state index contributed by atoms with van der Waals surface area (Å²) in [4.78, 5) is 0. The predicted molar refractivity (Wildman–Crippen MR) is 64.5 cm³/mol. The van der Waals surface area contributed by atoms with Crippen LogP contribution in [0.15, 0.2) is 28.7 Å². The molecule has 1 unspecified atom stereocenters. The number of ether oxygens (including phenoxy) is 1. The van der Waals surface area contributed by atoms with Crippen LogP contribution in [-0.2, 0) is 4.74 Å². The van der Waals surface area contributed by atoms with Crippen molar-refractivity contribution in [3.8, 4) is 0 Å². The second kappa shape index (κ2) is 6.08. The van der Waals surface area contributed by atoms with Gasteiger partial charge in [-0.15, -0.1) is 0 Å². The monoisotopic (exact) mass is 273 g/mol. The van der Waals surface area contributed by atoms with Crippen molar-refractivity contribution in [1.82, 2.24) is 0 Å². The molecule has 19 heavy (non-hydrogen) atoms. The Morgan fingerprint density at radius 3 is 2.79 bits per heavy atom. The molecule has 0 spiro atoms. The van der Waals surface area contributed by atoms with Crippen LogP contribution in [0.4, 0.5) is 13.2 Å². The molecule has 3 nitrogen and oxygen atoms in total. The molecule has 0 aliphatic heterocycles. The molecule has 0 saturated carbocycles. The Kier molecular flexibility index (Phi) is 4.44. The van der Waals surface area contributed by atoms with Crippen LogP contribution in [0.2, 0.25) is 0 Å². The van der Waals surface area contributed by atoms with Gasteiger partial charge in [0.15, 0.2) is 11.4 Å². The van der Waals surface area contributed by atoms with Crippen LogP contribution < -0.4 is 5.73 Å². The zero-order chi connectivity index (χ0) is 13.8. The largest absolute Gasteiger partial charge is 0.456 e. The first-order chi connectivity index (χ1) is 9.08. The molecule has 0 fully saturated rings. The molecule has 2 aromatic rings. The Morgan fingerprint density at radius 2 is 2.11 bits per heavy atom. The SMILES string of the molecule is NC(CCOCC(F)F)c1cc2cccc(F)c2o1. The van der Waals surface area contributed by atoms with Gasteiger partial charge in [-0.25, -0.2) is 13.2 Å². The van der Waals surface area contributed by atoms with Gasteiger partial charge in [0, 0.05) is 12.0 Å². The van der Waals surface area contributed by atoms with E-state index in [1.54, 1.807) is 18.2 Å². The highest BCUT2D eigenvalue weighted by molar-refractivity contribution is 5.78. The number of furan rings is 1. The number of halogens is 3. The third kappa shape index (κ3) is 3.48. The van der Waals surface area contributed by atoms with Gasteiger partial charge in [0.05, 0.1) is 6.04 Å². The molecule has 6 heteroatoms. The summed E-state index contributed by atoms with van der Waals surface area (Å²) in [6.45, 7) is -0.507. The maximum Gasteiger partial charge on any atom is 0.261 e. The summed E-state index contributed by atoms with van der Waals surface area (Å²) in [5.41, 5.74) is 6.00. The van der Waals surface area contributed by atoms with Gasteiger partial charge in [-0.3, -0.25) is 0 Å². The molecule has 1 atom stereocenters. The summed E-state index contributed by atoms with van der Waals surface area (Å²) in [6.07, 6.45) is -2.16. The van der Waals surface area contributed by atoms with Gasteiger partial charge in [0.25, 0.3) is 6.43 Å². The van der Waals surface area contributed by atoms with Crippen LogP contribution in [0.25, 0.3) is 11.0 Å². The normalized spacial score (nSPS) is 13.3. The van der Waals surface area contributed by atoms with Crippen LogP contribution in [0.5, 0.6) is 0 Å². The van der Waals surface area contributed by atoms with Crippen LogP contribution in [0, 0.1) is 5.82 Å². The third-order valence-electron chi connectivity index (χ3n) is 2.70. The van der Waals surface area contributed by atoms with E-state index < -0.39 is 24.9 Å². The summed E-state index contributed by atoms with van der Waals surface area (Å²) in [5, 5.41) is 0.624. The molecule has 2 N–H and O–H groups in total. The Labute approximate surface area is 108 Å². The predicted octanol–water partition coefficient (Wildman–Crippen LogP) is 3.24. The lowest BCUT2D eigenvalue weighted by Crippen LogP contribution is -2.14. The van der Waals surface area contributed by atoms with Crippen LogP contribution in [-0.4, -0.2) is 19.6 Å². The summed E-state index contributed by atoms with van der Waals surface area (Å²) in [5.74, 6) is -0.0364. The second-order valence-corrected chi connectivity index (χ2v) is 4.17. The number of benzene rings is 1. The molecule has 1 heterocycles. The van der Waals surface area contributed by atoms with Crippen molar-refractivity contribution >= 4 is 11.0 Å². The van der Waals surface area contributed by atoms with E-state index in [9.17, 15) is 13.2 Å². The van der Waals surface area contributed by atoms with Crippen molar-refractivity contribution in [1.29, 1.82) is 0 Å². The molecular weight excluding hydrogens is 259 g/mol. The van der Waals surface area contributed by atoms with E-state index in [0.717, 1.165) is 0 Å². The number of para-hydroxylation sites is 1. The molecule has 104 valence electrons. The number of hydrogen-bond donors (Lipinski definition) is 1. The van der Waals surface area contributed by atoms with Gasteiger partial charge in [-0.1, -0.05) is 12.1 Å². The highest BCUT2D eigenvalue weighted by Crippen LogP contribution is 2.26. The van der Waals surface area contributed by atoms with E-state index in [-0.39, 0.29) is 12.2 Å². The number of fused-ring (bicyclic) bond motifs is 1. The minimum absolute atomic E-state index is 0.102. The smallest absolute Gasteiger partial charge is 0.261 e. The average Bonchev–Trinajstić information content (AvgIpc) is 2.79. The van der Waals surface area contributed by atoms with Crippen LogP contribution in [0.3, 0.4) is 0 Å². The minimum Gasteiger partial charge on any atom is -0.456 e. The van der Waals surface area contributed by atoms with Crippen molar-refractivity contribution in [3.05, 3.63) is 35.8 Å². The van der Waals surface area contributed by atoms with E-state index in [2.05, 4.69) is 0 Å². The Hall–Kier alpha value is -1.53. The van der Waals surface area contributed by atoms with Crippen molar-refractivity contribution < 1.29 is 22.3 Å². The van der Waals surface area contributed by atoms with E-state index >= 15 is 0 Å². The average molecular weight is 273 g/mol. The Balaban J connectivity index is 1.97. The molecule has 0 radical (unpaired) electrons. The molecule has 0 amide bonds. The fourth-order valence-corrected chi connectivity index (χ4v) is 1.76. The fourth-order valence-electron chi connectivity index (χ4n) is 1.76. The Morgan fingerprint density at radius 1 is 1.32 bits per heavy atom. The van der Waals surface area contributed by atoms with Gasteiger partial charge in [0.2, 0.25) is 0 Å². The van der Waals surface area contributed by atoms with Gasteiger partial charge in [0.1, 0.15) is 12.4 Å². The zero-order valence-corrected chi connectivity index (χ0v) is 10.1. The van der Waals surface area contributed by atoms with Gasteiger partial charge >= 0.3 is 0 Å². The van der Waals surface area contributed by atoms with E-state index in [1.165, 1.54) is 6.07 Å². The molecule has 1 aromatic carbocycles. The van der Waals surface area contributed by atoms with Crippen LogP contribution in [0.1, 0.15) is 18.2 Å². The minimum atomic E-state index is -2.49. The van der Waals surface area contributed by atoms with Crippen molar-refractivity contribution in [2.45, 2.75) is 18.9 Å². The molecule has 0 bridgehead atoms. The van der Waals surface area contributed by atoms with E-state index in [1.807, 2.05) is 0 Å². The number of nitrogens with two attached hydrogens (primary N) is 1. The molecule has 0 saturated heterocycles. The maximum absolute atomic E-state index is 13.4. The lowest BCUT2D eigenvalue weighted by molar-refractivity contribution is 0.0148. The molecule has 0 aliphatic carbocycles. The summed E-state index contributed by atoms with van der Waals surface area (Å²) < 4.78 is 47.2. The number of rotatable bonds is 6. The Bertz CT molecular complexity index is 542. The lowest BCUT2D eigenvalue weighted by atomic mass is 10.1. The van der Waals surface area contributed by atoms with E-state index in [0.29, 0.717) is 17.6 Å². The topological polar surface area (TPSA) is 48.4 Å². The molecule has 2 rings (SSSR count).